The molecule has 3 aromatic rings. The molecular formula is C23H24N2O3S2. The van der Waals surface area contributed by atoms with Crippen molar-refractivity contribution in [2.45, 2.75) is 35.8 Å². The molecular weight excluding hydrogens is 416 g/mol. The summed E-state index contributed by atoms with van der Waals surface area (Å²) in [5, 5.41) is 2.66. The number of rotatable bonds is 7. The first-order valence-electron chi connectivity index (χ1n) is 9.47. The molecule has 0 spiro atoms. The van der Waals surface area contributed by atoms with Crippen molar-refractivity contribution in [1.29, 1.82) is 0 Å². The van der Waals surface area contributed by atoms with Crippen LogP contribution in [0.2, 0.25) is 0 Å². The van der Waals surface area contributed by atoms with E-state index in [0.29, 0.717) is 5.69 Å². The summed E-state index contributed by atoms with van der Waals surface area (Å²) in [6.07, 6.45) is 0. The van der Waals surface area contributed by atoms with Crippen LogP contribution in [0.4, 0.5) is 11.4 Å². The number of amides is 1. The number of nitrogens with one attached hydrogen (secondary N) is 2. The fourth-order valence-electron chi connectivity index (χ4n) is 2.86. The maximum atomic E-state index is 12.5. The van der Waals surface area contributed by atoms with E-state index in [1.54, 1.807) is 54.6 Å². The van der Waals surface area contributed by atoms with Crippen LogP contribution in [0.25, 0.3) is 0 Å². The van der Waals surface area contributed by atoms with Gasteiger partial charge in [-0.05, 0) is 68.8 Å². The van der Waals surface area contributed by atoms with E-state index >= 15 is 0 Å². The smallest absolute Gasteiger partial charge is 0.261 e. The van der Waals surface area contributed by atoms with Gasteiger partial charge in [0.2, 0.25) is 5.91 Å². The van der Waals surface area contributed by atoms with Gasteiger partial charge in [-0.3, -0.25) is 9.52 Å². The van der Waals surface area contributed by atoms with E-state index < -0.39 is 10.0 Å². The molecule has 2 N–H and O–H groups in total. The first kappa shape index (κ1) is 21.9. The number of hydrogen-bond acceptors (Lipinski definition) is 4. The summed E-state index contributed by atoms with van der Waals surface area (Å²) in [5.74, 6) is -0.0826. The van der Waals surface area contributed by atoms with Gasteiger partial charge >= 0.3 is 0 Å². The third-order valence-corrected chi connectivity index (χ3v) is 6.99. The lowest BCUT2D eigenvalue weighted by atomic mass is 10.1. The van der Waals surface area contributed by atoms with Crippen molar-refractivity contribution in [3.8, 4) is 0 Å². The van der Waals surface area contributed by atoms with Crippen molar-refractivity contribution in [2.75, 3.05) is 10.0 Å². The Balaban J connectivity index is 1.61. The Morgan fingerprint density at radius 2 is 1.60 bits per heavy atom. The topological polar surface area (TPSA) is 75.3 Å². The van der Waals surface area contributed by atoms with Gasteiger partial charge in [0.05, 0.1) is 10.1 Å². The predicted octanol–water partition coefficient (Wildman–Crippen LogP) is 5.22. The second-order valence-corrected chi connectivity index (χ2v) is 10.1. The Morgan fingerprint density at radius 1 is 0.933 bits per heavy atom. The van der Waals surface area contributed by atoms with E-state index in [4.69, 9.17) is 0 Å². The van der Waals surface area contributed by atoms with Crippen LogP contribution in [0.5, 0.6) is 0 Å². The lowest BCUT2D eigenvalue weighted by Crippen LogP contribution is -2.22. The molecule has 3 rings (SSSR count). The zero-order chi connectivity index (χ0) is 21.7. The van der Waals surface area contributed by atoms with Crippen LogP contribution in [-0.4, -0.2) is 19.6 Å². The van der Waals surface area contributed by atoms with Crippen LogP contribution in [0.1, 0.15) is 18.1 Å². The third-order valence-electron chi connectivity index (χ3n) is 4.48. The molecule has 30 heavy (non-hydrogen) atoms. The Morgan fingerprint density at radius 3 is 2.23 bits per heavy atom. The second kappa shape index (κ2) is 9.36. The largest absolute Gasteiger partial charge is 0.325 e. The van der Waals surface area contributed by atoms with Gasteiger partial charge in [0.15, 0.2) is 0 Å². The average molecular weight is 441 g/mol. The van der Waals surface area contributed by atoms with E-state index in [1.165, 1.54) is 11.8 Å². The number of benzene rings is 3. The predicted molar refractivity (Wildman–Crippen MR) is 124 cm³/mol. The minimum absolute atomic E-state index is 0.0826. The van der Waals surface area contributed by atoms with E-state index in [9.17, 15) is 13.2 Å². The number of aryl methyl sites for hydroxylation is 2. The zero-order valence-corrected chi connectivity index (χ0v) is 18.7. The van der Waals surface area contributed by atoms with Crippen molar-refractivity contribution in [3.63, 3.8) is 0 Å². The molecule has 1 unspecified atom stereocenters. The highest BCUT2D eigenvalue weighted by molar-refractivity contribution is 8.00. The summed E-state index contributed by atoms with van der Waals surface area (Å²) in [6.45, 7) is 5.83. The second-order valence-electron chi connectivity index (χ2n) is 7.01. The fourth-order valence-corrected chi connectivity index (χ4v) is 4.81. The fraction of sp³-hybridized carbons (Fsp3) is 0.174. The molecule has 7 heteroatoms. The molecule has 1 amide bonds. The molecule has 0 bridgehead atoms. The Hall–Kier alpha value is -2.77. The van der Waals surface area contributed by atoms with Crippen molar-refractivity contribution in [2.24, 2.45) is 0 Å². The van der Waals surface area contributed by atoms with Gasteiger partial charge in [0.1, 0.15) is 0 Å². The molecule has 0 saturated carbocycles. The quantitative estimate of drug-likeness (QED) is 0.494. The number of carbonyl (C=O) groups excluding carboxylic acids is 1. The highest BCUT2D eigenvalue weighted by Crippen LogP contribution is 2.27. The molecule has 0 radical (unpaired) electrons. The normalized spacial score (nSPS) is 12.2. The number of carbonyl (C=O) groups is 1. The highest BCUT2D eigenvalue weighted by atomic mass is 32.2. The summed E-state index contributed by atoms with van der Waals surface area (Å²) in [4.78, 5) is 13.6. The number of sulfonamides is 1. The molecule has 3 aromatic carbocycles. The van der Waals surface area contributed by atoms with E-state index in [0.717, 1.165) is 21.7 Å². The lowest BCUT2D eigenvalue weighted by molar-refractivity contribution is -0.115. The van der Waals surface area contributed by atoms with Crippen LogP contribution in [0.3, 0.4) is 0 Å². The average Bonchev–Trinajstić information content (AvgIpc) is 2.72. The molecule has 5 nitrogen and oxygen atoms in total. The maximum absolute atomic E-state index is 12.5. The molecule has 0 aliphatic heterocycles. The first-order chi connectivity index (χ1) is 14.2. The molecule has 156 valence electrons. The van der Waals surface area contributed by atoms with Crippen molar-refractivity contribution in [3.05, 3.63) is 83.9 Å². The monoisotopic (exact) mass is 440 g/mol. The summed E-state index contributed by atoms with van der Waals surface area (Å²) in [7, 11) is -3.63. The number of thioether (sulfide) groups is 1. The molecule has 0 aliphatic rings. The number of anilines is 2. The van der Waals surface area contributed by atoms with Gasteiger partial charge in [0.25, 0.3) is 10.0 Å². The van der Waals surface area contributed by atoms with Crippen LogP contribution in [-0.2, 0) is 14.8 Å². The Bertz CT molecular complexity index is 1130. The summed E-state index contributed by atoms with van der Waals surface area (Å²) in [6, 6.07) is 21.1. The summed E-state index contributed by atoms with van der Waals surface area (Å²) >= 11 is 1.41. The van der Waals surface area contributed by atoms with E-state index in [2.05, 4.69) is 10.0 Å². The Labute approximate surface area is 182 Å². The molecule has 0 saturated heterocycles. The van der Waals surface area contributed by atoms with Gasteiger partial charge in [-0.1, -0.05) is 35.9 Å². The van der Waals surface area contributed by atoms with Crippen molar-refractivity contribution in [1.82, 2.24) is 0 Å². The SMILES string of the molecule is Cc1ccc(NC(=O)C(C)Sc2ccc(NS(=O)(=O)c3ccccc3)cc2)c(C)c1. The van der Waals surface area contributed by atoms with Gasteiger partial charge < -0.3 is 5.32 Å². The minimum Gasteiger partial charge on any atom is -0.325 e. The zero-order valence-electron chi connectivity index (χ0n) is 17.0. The van der Waals surface area contributed by atoms with Gasteiger partial charge in [-0.25, -0.2) is 8.42 Å². The highest BCUT2D eigenvalue weighted by Gasteiger charge is 2.16. The van der Waals surface area contributed by atoms with Gasteiger partial charge in [0, 0.05) is 16.3 Å². The minimum atomic E-state index is -3.63. The molecule has 0 heterocycles. The molecule has 0 aliphatic carbocycles. The summed E-state index contributed by atoms with van der Waals surface area (Å²) in [5.41, 5.74) is 3.45. The van der Waals surface area contributed by atoms with Gasteiger partial charge in [-0.15, -0.1) is 11.8 Å². The first-order valence-corrected chi connectivity index (χ1v) is 11.8. The molecule has 1 atom stereocenters. The maximum Gasteiger partial charge on any atom is 0.261 e. The van der Waals surface area contributed by atoms with Gasteiger partial charge in [-0.2, -0.15) is 0 Å². The van der Waals surface area contributed by atoms with Crippen molar-refractivity contribution < 1.29 is 13.2 Å². The van der Waals surface area contributed by atoms with E-state index in [-0.39, 0.29) is 16.1 Å². The Kier molecular flexibility index (Phi) is 6.84. The molecule has 0 fully saturated rings. The van der Waals surface area contributed by atoms with Crippen LogP contribution < -0.4 is 10.0 Å². The van der Waals surface area contributed by atoms with Crippen LogP contribution in [0, 0.1) is 13.8 Å². The number of hydrogen-bond donors (Lipinski definition) is 2. The molecule has 0 aromatic heterocycles. The standard InChI is InChI=1S/C23H24N2O3S2/c1-16-9-14-22(17(2)15-16)24-23(26)18(3)29-20-12-10-19(11-13-20)25-30(27,28)21-7-5-4-6-8-21/h4-15,18,25H,1-3H3,(H,24,26). The summed E-state index contributed by atoms with van der Waals surface area (Å²) < 4.78 is 27.4. The van der Waals surface area contributed by atoms with Crippen LogP contribution in [0.15, 0.2) is 82.6 Å². The third kappa shape index (κ3) is 5.64. The van der Waals surface area contributed by atoms with Crippen molar-refractivity contribution >= 4 is 39.1 Å². The lowest BCUT2D eigenvalue weighted by Gasteiger charge is -2.14. The van der Waals surface area contributed by atoms with E-state index in [1.807, 2.05) is 39.0 Å². The van der Waals surface area contributed by atoms with Crippen LogP contribution >= 0.6 is 11.8 Å².